The predicted octanol–water partition coefficient (Wildman–Crippen LogP) is 5.07. The Balaban J connectivity index is 1.32. The first-order valence-electron chi connectivity index (χ1n) is 10.9. The van der Waals surface area contributed by atoms with Crippen molar-refractivity contribution >= 4 is 32.4 Å². The molecule has 0 aliphatic heterocycles. The highest BCUT2D eigenvalue weighted by molar-refractivity contribution is 7.92. The topological polar surface area (TPSA) is 84.5 Å². The largest absolute Gasteiger partial charge is 0.492 e. The van der Waals surface area contributed by atoms with Crippen LogP contribution in [0.25, 0.3) is 10.8 Å². The minimum Gasteiger partial charge on any atom is -0.492 e. The Morgan fingerprint density at radius 3 is 2.32 bits per heavy atom. The zero-order chi connectivity index (χ0) is 24.1. The fourth-order valence-corrected chi connectivity index (χ4v) is 4.66. The molecule has 1 amide bonds. The van der Waals surface area contributed by atoms with Crippen LogP contribution in [0.5, 0.6) is 5.75 Å². The second kappa shape index (κ2) is 9.97. The minimum atomic E-state index is -3.71. The number of sulfonamides is 1. The van der Waals surface area contributed by atoms with Crippen molar-refractivity contribution in [2.24, 2.45) is 0 Å². The van der Waals surface area contributed by atoms with Crippen LogP contribution >= 0.6 is 0 Å². The van der Waals surface area contributed by atoms with Crippen LogP contribution in [0.2, 0.25) is 0 Å². The maximum Gasteiger partial charge on any atom is 0.261 e. The Bertz CT molecular complexity index is 1430. The third-order valence-electron chi connectivity index (χ3n) is 5.44. The molecule has 4 rings (SSSR count). The van der Waals surface area contributed by atoms with Crippen LogP contribution in [-0.2, 0) is 10.0 Å². The highest BCUT2D eigenvalue weighted by Gasteiger charge is 2.16. The van der Waals surface area contributed by atoms with Gasteiger partial charge in [0.1, 0.15) is 12.4 Å². The van der Waals surface area contributed by atoms with E-state index in [1.54, 1.807) is 49.4 Å². The molecule has 0 spiro atoms. The number of benzene rings is 4. The average molecular weight is 475 g/mol. The Morgan fingerprint density at radius 2 is 1.59 bits per heavy atom. The lowest BCUT2D eigenvalue weighted by molar-refractivity contribution is 0.0947. The summed E-state index contributed by atoms with van der Waals surface area (Å²) in [4.78, 5) is 12.7. The molecule has 0 saturated heterocycles. The van der Waals surface area contributed by atoms with Crippen LogP contribution in [0, 0.1) is 13.8 Å². The summed E-state index contributed by atoms with van der Waals surface area (Å²) in [5, 5.41) is 5.07. The van der Waals surface area contributed by atoms with Gasteiger partial charge in [-0.3, -0.25) is 9.52 Å². The van der Waals surface area contributed by atoms with E-state index in [0.29, 0.717) is 30.0 Å². The van der Waals surface area contributed by atoms with E-state index >= 15 is 0 Å². The summed E-state index contributed by atoms with van der Waals surface area (Å²) in [6.07, 6.45) is 0. The summed E-state index contributed by atoms with van der Waals surface area (Å²) in [6, 6.07) is 25.4. The summed E-state index contributed by atoms with van der Waals surface area (Å²) >= 11 is 0. The Morgan fingerprint density at radius 1 is 0.853 bits per heavy atom. The van der Waals surface area contributed by atoms with E-state index in [9.17, 15) is 13.2 Å². The summed E-state index contributed by atoms with van der Waals surface area (Å²) in [6.45, 7) is 4.32. The van der Waals surface area contributed by atoms with E-state index < -0.39 is 10.0 Å². The fourth-order valence-electron chi connectivity index (χ4n) is 3.53. The number of aryl methyl sites for hydroxylation is 2. The number of ether oxygens (including phenoxy) is 1. The second-order valence-electron chi connectivity index (χ2n) is 8.06. The van der Waals surface area contributed by atoms with Crippen molar-refractivity contribution in [1.82, 2.24) is 5.32 Å². The zero-order valence-electron chi connectivity index (χ0n) is 19.0. The number of carbonyl (C=O) groups is 1. The average Bonchev–Trinajstić information content (AvgIpc) is 2.83. The van der Waals surface area contributed by atoms with Crippen molar-refractivity contribution in [2.45, 2.75) is 18.7 Å². The Kier molecular flexibility index (Phi) is 6.84. The Hall–Kier alpha value is -3.84. The zero-order valence-corrected chi connectivity index (χ0v) is 19.9. The molecule has 174 valence electrons. The molecule has 0 unspecified atom stereocenters. The van der Waals surface area contributed by atoms with Gasteiger partial charge in [-0.2, -0.15) is 0 Å². The molecule has 4 aromatic carbocycles. The van der Waals surface area contributed by atoms with Gasteiger partial charge in [-0.25, -0.2) is 8.42 Å². The molecule has 0 radical (unpaired) electrons. The van der Waals surface area contributed by atoms with Gasteiger partial charge in [0.25, 0.3) is 15.9 Å². The number of hydrogen-bond donors (Lipinski definition) is 2. The molecule has 0 fully saturated rings. The lowest BCUT2D eigenvalue weighted by atomic mass is 10.1. The lowest BCUT2D eigenvalue weighted by Crippen LogP contribution is -2.28. The summed E-state index contributed by atoms with van der Waals surface area (Å²) < 4.78 is 33.6. The van der Waals surface area contributed by atoms with Gasteiger partial charge in [-0.05, 0) is 72.6 Å². The Labute approximate surface area is 199 Å². The van der Waals surface area contributed by atoms with Crippen LogP contribution in [0.1, 0.15) is 21.5 Å². The SMILES string of the molecule is Cc1ccc(S(=O)(=O)Nc2ccc(C(=O)NCCOc3ccc4ccccc4c3)cc2C)cc1. The van der Waals surface area contributed by atoms with E-state index in [-0.39, 0.29) is 10.8 Å². The molecule has 0 atom stereocenters. The number of carbonyl (C=O) groups excluding carboxylic acids is 1. The highest BCUT2D eigenvalue weighted by Crippen LogP contribution is 2.22. The van der Waals surface area contributed by atoms with Gasteiger partial charge in [-0.15, -0.1) is 0 Å². The highest BCUT2D eigenvalue weighted by atomic mass is 32.2. The maximum absolute atomic E-state index is 12.6. The third kappa shape index (κ3) is 5.55. The van der Waals surface area contributed by atoms with Gasteiger partial charge >= 0.3 is 0 Å². The van der Waals surface area contributed by atoms with Crippen LogP contribution < -0.4 is 14.8 Å². The molecule has 4 aromatic rings. The van der Waals surface area contributed by atoms with E-state index in [2.05, 4.69) is 10.0 Å². The molecule has 0 bridgehead atoms. The standard InChI is InChI=1S/C27H26N2O4S/c1-19-7-12-25(13-8-19)34(31,32)29-26-14-10-23(17-20(26)2)27(30)28-15-16-33-24-11-9-21-5-3-4-6-22(21)18-24/h3-14,17-18,29H,15-16H2,1-2H3,(H,28,30). The van der Waals surface area contributed by atoms with Crippen LogP contribution in [0.4, 0.5) is 5.69 Å². The van der Waals surface area contributed by atoms with Crippen molar-refractivity contribution in [2.75, 3.05) is 17.9 Å². The van der Waals surface area contributed by atoms with E-state index in [1.165, 1.54) is 0 Å². The predicted molar refractivity (Wildman–Crippen MR) is 135 cm³/mol. The summed E-state index contributed by atoms with van der Waals surface area (Å²) in [5.41, 5.74) is 2.50. The van der Waals surface area contributed by atoms with E-state index in [0.717, 1.165) is 22.1 Å². The van der Waals surface area contributed by atoms with Gasteiger partial charge in [0.2, 0.25) is 0 Å². The van der Waals surface area contributed by atoms with E-state index in [4.69, 9.17) is 4.74 Å². The minimum absolute atomic E-state index is 0.186. The lowest BCUT2D eigenvalue weighted by Gasteiger charge is -2.13. The molecule has 6 nitrogen and oxygen atoms in total. The number of fused-ring (bicyclic) bond motifs is 1. The normalized spacial score (nSPS) is 11.2. The summed E-state index contributed by atoms with van der Waals surface area (Å²) in [7, 11) is -3.71. The van der Waals surface area contributed by atoms with Crippen LogP contribution in [0.3, 0.4) is 0 Å². The van der Waals surface area contributed by atoms with Crippen molar-refractivity contribution in [3.63, 3.8) is 0 Å². The van der Waals surface area contributed by atoms with Gasteiger partial charge in [-0.1, -0.05) is 48.0 Å². The van der Waals surface area contributed by atoms with Gasteiger partial charge < -0.3 is 10.1 Å². The first-order chi connectivity index (χ1) is 16.3. The third-order valence-corrected chi connectivity index (χ3v) is 6.82. The van der Waals surface area contributed by atoms with E-state index in [1.807, 2.05) is 49.4 Å². The maximum atomic E-state index is 12.6. The van der Waals surface area contributed by atoms with Crippen molar-refractivity contribution in [1.29, 1.82) is 0 Å². The number of rotatable bonds is 8. The first kappa shape index (κ1) is 23.3. The number of hydrogen-bond acceptors (Lipinski definition) is 4. The monoisotopic (exact) mass is 474 g/mol. The van der Waals surface area contributed by atoms with Gasteiger partial charge in [0.15, 0.2) is 0 Å². The quantitative estimate of drug-likeness (QED) is 0.349. The smallest absolute Gasteiger partial charge is 0.261 e. The molecule has 0 heterocycles. The van der Waals surface area contributed by atoms with Crippen LogP contribution in [0.15, 0.2) is 89.8 Å². The fraction of sp³-hybridized carbons (Fsp3) is 0.148. The first-order valence-corrected chi connectivity index (χ1v) is 12.4. The molecule has 7 heteroatoms. The van der Waals surface area contributed by atoms with Gasteiger partial charge in [0, 0.05) is 5.56 Å². The van der Waals surface area contributed by atoms with Crippen LogP contribution in [-0.4, -0.2) is 27.5 Å². The molecule has 0 aromatic heterocycles. The molecule has 2 N–H and O–H groups in total. The van der Waals surface area contributed by atoms with Crippen molar-refractivity contribution in [3.05, 3.63) is 102 Å². The van der Waals surface area contributed by atoms with Crippen molar-refractivity contribution in [3.8, 4) is 5.75 Å². The number of amides is 1. The molecular formula is C27H26N2O4S. The van der Waals surface area contributed by atoms with Gasteiger partial charge in [0.05, 0.1) is 17.1 Å². The molecule has 0 aliphatic carbocycles. The molecule has 0 saturated carbocycles. The number of anilines is 1. The molecule has 0 aliphatic rings. The molecule has 34 heavy (non-hydrogen) atoms. The second-order valence-corrected chi connectivity index (χ2v) is 9.74. The van der Waals surface area contributed by atoms with Crippen molar-refractivity contribution < 1.29 is 17.9 Å². The summed E-state index contributed by atoms with van der Waals surface area (Å²) in [5.74, 6) is 0.493. The number of nitrogens with one attached hydrogen (secondary N) is 2. The molecular weight excluding hydrogens is 448 g/mol.